The second-order valence-electron chi connectivity index (χ2n) is 5.18. The second kappa shape index (κ2) is 7.46. The van der Waals surface area contributed by atoms with Crippen molar-refractivity contribution >= 4 is 0 Å². The molecule has 0 aliphatic heterocycles. The summed E-state index contributed by atoms with van der Waals surface area (Å²) in [5.74, 6) is 0.712. The van der Waals surface area contributed by atoms with Gasteiger partial charge >= 0.3 is 0 Å². The minimum Gasteiger partial charge on any atom is -0.312 e. The predicted octanol–water partition coefficient (Wildman–Crippen LogP) is 2.88. The third-order valence-corrected chi connectivity index (χ3v) is 2.87. The summed E-state index contributed by atoms with van der Waals surface area (Å²) in [5, 5.41) is 3.48. The van der Waals surface area contributed by atoms with Gasteiger partial charge in [-0.15, -0.1) is 0 Å². The molecule has 0 spiro atoms. The Balaban J connectivity index is 2.48. The lowest BCUT2D eigenvalue weighted by Gasteiger charge is -2.14. The smallest absolute Gasteiger partial charge is 0.0230 e. The molecule has 0 amide bonds. The Labute approximate surface area is 106 Å². The molecule has 1 aromatic carbocycles. The summed E-state index contributed by atoms with van der Waals surface area (Å²) in [4.78, 5) is 2.32. The van der Waals surface area contributed by atoms with Gasteiger partial charge < -0.3 is 10.2 Å². The predicted molar refractivity (Wildman–Crippen MR) is 75.0 cm³/mol. The number of nitrogens with one attached hydrogen (secondary N) is 1. The lowest BCUT2D eigenvalue weighted by atomic mass is 10.1. The first-order valence-corrected chi connectivity index (χ1v) is 6.59. The molecule has 0 fully saturated rings. The van der Waals surface area contributed by atoms with Gasteiger partial charge in [-0.05, 0) is 37.2 Å². The normalized spacial score (nSPS) is 11.4. The van der Waals surface area contributed by atoms with Crippen LogP contribution >= 0.6 is 0 Å². The quantitative estimate of drug-likeness (QED) is 0.780. The SMILES string of the molecule is CCN(C)Cc1cccc(CNCC(C)C)c1. The van der Waals surface area contributed by atoms with Gasteiger partial charge in [-0.2, -0.15) is 0 Å². The van der Waals surface area contributed by atoms with E-state index >= 15 is 0 Å². The molecule has 96 valence electrons. The van der Waals surface area contributed by atoms with Gasteiger partial charge in [0.25, 0.3) is 0 Å². The van der Waals surface area contributed by atoms with Crippen molar-refractivity contribution in [2.75, 3.05) is 20.1 Å². The van der Waals surface area contributed by atoms with Crippen LogP contribution in [0.3, 0.4) is 0 Å². The number of hydrogen-bond acceptors (Lipinski definition) is 2. The average Bonchev–Trinajstić information content (AvgIpc) is 2.29. The highest BCUT2D eigenvalue weighted by Crippen LogP contribution is 2.07. The first-order chi connectivity index (χ1) is 8.11. The Hall–Kier alpha value is -0.860. The van der Waals surface area contributed by atoms with Crippen molar-refractivity contribution in [2.24, 2.45) is 5.92 Å². The van der Waals surface area contributed by atoms with E-state index in [2.05, 4.69) is 62.3 Å². The fourth-order valence-corrected chi connectivity index (χ4v) is 1.77. The van der Waals surface area contributed by atoms with Crippen LogP contribution in [0.5, 0.6) is 0 Å². The first kappa shape index (κ1) is 14.2. The molecule has 1 rings (SSSR count). The van der Waals surface area contributed by atoms with Crippen LogP contribution in [-0.2, 0) is 13.1 Å². The molecule has 0 aliphatic rings. The molecule has 0 aliphatic carbocycles. The molecule has 1 N–H and O–H groups in total. The lowest BCUT2D eigenvalue weighted by Crippen LogP contribution is -2.19. The molecule has 0 atom stereocenters. The molecule has 2 nitrogen and oxygen atoms in total. The zero-order chi connectivity index (χ0) is 12.7. The highest BCUT2D eigenvalue weighted by molar-refractivity contribution is 5.23. The number of nitrogens with zero attached hydrogens (tertiary/aromatic N) is 1. The lowest BCUT2D eigenvalue weighted by molar-refractivity contribution is 0.345. The zero-order valence-corrected chi connectivity index (χ0v) is 11.7. The van der Waals surface area contributed by atoms with E-state index in [4.69, 9.17) is 0 Å². The van der Waals surface area contributed by atoms with Gasteiger partial charge in [-0.1, -0.05) is 45.0 Å². The Kier molecular flexibility index (Phi) is 6.23. The maximum absolute atomic E-state index is 3.48. The van der Waals surface area contributed by atoms with E-state index < -0.39 is 0 Å². The van der Waals surface area contributed by atoms with Crippen LogP contribution < -0.4 is 5.32 Å². The van der Waals surface area contributed by atoms with Crippen molar-refractivity contribution < 1.29 is 0 Å². The van der Waals surface area contributed by atoms with Gasteiger partial charge in [0, 0.05) is 13.1 Å². The van der Waals surface area contributed by atoms with Crippen LogP contribution in [0.4, 0.5) is 0 Å². The second-order valence-corrected chi connectivity index (χ2v) is 5.18. The van der Waals surface area contributed by atoms with E-state index in [1.165, 1.54) is 11.1 Å². The fourth-order valence-electron chi connectivity index (χ4n) is 1.77. The third-order valence-electron chi connectivity index (χ3n) is 2.87. The summed E-state index contributed by atoms with van der Waals surface area (Å²) in [6, 6.07) is 8.87. The molecule has 2 heteroatoms. The largest absolute Gasteiger partial charge is 0.312 e. The van der Waals surface area contributed by atoms with Crippen molar-refractivity contribution in [3.05, 3.63) is 35.4 Å². The molecule has 0 heterocycles. The third kappa shape index (κ3) is 5.85. The van der Waals surface area contributed by atoms with Gasteiger partial charge in [0.05, 0.1) is 0 Å². The van der Waals surface area contributed by atoms with Crippen LogP contribution in [0.25, 0.3) is 0 Å². The highest BCUT2D eigenvalue weighted by atomic mass is 15.1. The fraction of sp³-hybridized carbons (Fsp3) is 0.600. The Bertz CT molecular complexity index is 320. The molecule has 1 aromatic rings. The van der Waals surface area contributed by atoms with E-state index in [0.29, 0.717) is 5.92 Å². The van der Waals surface area contributed by atoms with Crippen molar-refractivity contribution in [3.8, 4) is 0 Å². The van der Waals surface area contributed by atoms with Gasteiger partial charge in [0.1, 0.15) is 0 Å². The summed E-state index contributed by atoms with van der Waals surface area (Å²) in [7, 11) is 2.16. The van der Waals surface area contributed by atoms with Crippen LogP contribution in [0.15, 0.2) is 24.3 Å². The minimum absolute atomic E-state index is 0.712. The van der Waals surface area contributed by atoms with Gasteiger partial charge in [0.2, 0.25) is 0 Å². The number of hydrogen-bond donors (Lipinski definition) is 1. The number of benzene rings is 1. The van der Waals surface area contributed by atoms with Gasteiger partial charge in [-0.3, -0.25) is 0 Å². The maximum Gasteiger partial charge on any atom is 0.0230 e. The van der Waals surface area contributed by atoms with E-state index in [9.17, 15) is 0 Å². The average molecular weight is 234 g/mol. The summed E-state index contributed by atoms with van der Waals surface area (Å²) >= 11 is 0. The standard InChI is InChI=1S/C15H26N2/c1-5-17(4)12-15-8-6-7-14(9-15)11-16-10-13(2)3/h6-9,13,16H,5,10-12H2,1-4H3. The molecule has 0 unspecified atom stereocenters. The van der Waals surface area contributed by atoms with Crippen molar-refractivity contribution in [1.29, 1.82) is 0 Å². The summed E-state index contributed by atoms with van der Waals surface area (Å²) in [6.07, 6.45) is 0. The molecule has 0 saturated carbocycles. The highest BCUT2D eigenvalue weighted by Gasteiger charge is 2.00. The molecule has 0 saturated heterocycles. The topological polar surface area (TPSA) is 15.3 Å². The van der Waals surface area contributed by atoms with Crippen LogP contribution in [0.1, 0.15) is 31.9 Å². The van der Waals surface area contributed by atoms with Crippen molar-refractivity contribution in [1.82, 2.24) is 10.2 Å². The van der Waals surface area contributed by atoms with Gasteiger partial charge in [-0.25, -0.2) is 0 Å². The zero-order valence-electron chi connectivity index (χ0n) is 11.7. The van der Waals surface area contributed by atoms with Crippen LogP contribution in [0.2, 0.25) is 0 Å². The van der Waals surface area contributed by atoms with E-state index in [-0.39, 0.29) is 0 Å². The molecule has 0 bridgehead atoms. The Morgan fingerprint density at radius 3 is 2.59 bits per heavy atom. The van der Waals surface area contributed by atoms with E-state index in [1.54, 1.807) is 0 Å². The molecule has 0 radical (unpaired) electrons. The molecule has 17 heavy (non-hydrogen) atoms. The first-order valence-electron chi connectivity index (χ1n) is 6.59. The molecular formula is C15H26N2. The summed E-state index contributed by atoms with van der Waals surface area (Å²) < 4.78 is 0. The van der Waals surface area contributed by atoms with Crippen LogP contribution in [-0.4, -0.2) is 25.0 Å². The van der Waals surface area contributed by atoms with Gasteiger partial charge in [0.15, 0.2) is 0 Å². The van der Waals surface area contributed by atoms with Crippen molar-refractivity contribution in [3.63, 3.8) is 0 Å². The molecular weight excluding hydrogens is 208 g/mol. The Morgan fingerprint density at radius 2 is 1.94 bits per heavy atom. The van der Waals surface area contributed by atoms with Crippen molar-refractivity contribution in [2.45, 2.75) is 33.9 Å². The van der Waals surface area contributed by atoms with E-state index in [1.807, 2.05) is 0 Å². The number of rotatable bonds is 7. The minimum atomic E-state index is 0.712. The monoisotopic (exact) mass is 234 g/mol. The van der Waals surface area contributed by atoms with Crippen LogP contribution in [0, 0.1) is 5.92 Å². The van der Waals surface area contributed by atoms with E-state index in [0.717, 1.165) is 26.2 Å². The summed E-state index contributed by atoms with van der Waals surface area (Å²) in [6.45, 7) is 10.8. The maximum atomic E-state index is 3.48. The Morgan fingerprint density at radius 1 is 1.24 bits per heavy atom. The summed E-state index contributed by atoms with van der Waals surface area (Å²) in [5.41, 5.74) is 2.78. The molecule has 0 aromatic heterocycles.